The number of aromatic nitrogens is 1. The van der Waals surface area contributed by atoms with Gasteiger partial charge in [0.05, 0.1) is 13.1 Å². The third-order valence-corrected chi connectivity index (χ3v) is 8.48. The summed E-state index contributed by atoms with van der Waals surface area (Å²) in [5.41, 5.74) is 1.26. The minimum atomic E-state index is -1.86. The fourth-order valence-electron chi connectivity index (χ4n) is 6.54. The van der Waals surface area contributed by atoms with E-state index in [0.717, 1.165) is 49.9 Å². The average Bonchev–Trinajstić information content (AvgIpc) is 3.05. The summed E-state index contributed by atoms with van der Waals surface area (Å²) in [6.45, 7) is 2.65. The first-order valence-corrected chi connectivity index (χ1v) is 13.1. The molecular weight excluding hydrogens is 546 g/mol. The van der Waals surface area contributed by atoms with Crippen molar-refractivity contribution in [3.05, 3.63) is 95.2 Å². The van der Waals surface area contributed by atoms with E-state index in [1.54, 1.807) is 12.3 Å². The third-order valence-electron chi connectivity index (χ3n) is 8.48. The van der Waals surface area contributed by atoms with Gasteiger partial charge in [0, 0.05) is 36.1 Å². The Morgan fingerprint density at radius 2 is 1.55 bits per heavy atom. The number of hydrogen-bond acceptors (Lipinski definition) is 5. The van der Waals surface area contributed by atoms with Gasteiger partial charge in [-0.2, -0.15) is 0 Å². The van der Waals surface area contributed by atoms with Gasteiger partial charge in [-0.25, -0.2) is 9.78 Å². The van der Waals surface area contributed by atoms with Crippen molar-refractivity contribution in [3.63, 3.8) is 0 Å². The lowest BCUT2D eigenvalue weighted by Crippen LogP contribution is -3.00. The van der Waals surface area contributed by atoms with Crippen molar-refractivity contribution in [1.29, 1.82) is 0 Å². The van der Waals surface area contributed by atoms with Crippen LogP contribution in [-0.4, -0.2) is 58.7 Å². The summed E-state index contributed by atoms with van der Waals surface area (Å²) < 4.78 is 6.80. The Morgan fingerprint density at radius 3 is 2.16 bits per heavy atom. The van der Waals surface area contributed by atoms with Gasteiger partial charge in [0.1, 0.15) is 12.4 Å². The first-order valence-electron chi connectivity index (χ1n) is 13.1. The SMILES string of the molecule is O=C(C[N+]12CCC(CC1)[C@@H](OC(=O)C1(O)c3ccccc3CCc3ccccc31)C2)Nc1ccccn1.[Br-]. The number of carbonyl (C=O) groups is 2. The summed E-state index contributed by atoms with van der Waals surface area (Å²) in [4.78, 5) is 31.0. The van der Waals surface area contributed by atoms with Crippen LogP contribution in [0.1, 0.15) is 35.1 Å². The number of pyridine rings is 1. The van der Waals surface area contributed by atoms with Crippen LogP contribution in [0.25, 0.3) is 0 Å². The van der Waals surface area contributed by atoms with E-state index in [1.165, 1.54) is 0 Å². The fraction of sp³-hybridized carbons (Fsp3) is 0.367. The molecule has 0 saturated carbocycles. The topological polar surface area (TPSA) is 88.5 Å². The quantitative estimate of drug-likeness (QED) is 0.334. The summed E-state index contributed by atoms with van der Waals surface area (Å²) in [6, 6.07) is 20.7. The van der Waals surface area contributed by atoms with Crippen LogP contribution in [0.15, 0.2) is 72.9 Å². The molecule has 8 heteroatoms. The standard InChI is InChI=1S/C30H31N3O4.BrH/c34-28(32-27-11-5-6-16-31-27)20-33-17-14-23(15-18-33)26(19-33)37-29(35)30(36)24-9-3-1-7-21(24)12-13-22-8-2-4-10-25(22)30;/h1-11,16,23,26,36H,12-15,17-20H2;1H/t23?,26-,33?;/m0./s1. The number of aryl methyl sites for hydroxylation is 2. The minimum absolute atomic E-state index is 0. The fourth-order valence-corrected chi connectivity index (χ4v) is 6.54. The Balaban J connectivity index is 0.00000294. The summed E-state index contributed by atoms with van der Waals surface area (Å²) in [6.07, 6.45) is 4.59. The number of amides is 1. The molecular formula is C30H32BrN3O4. The first kappa shape index (κ1) is 26.5. The molecule has 1 aromatic heterocycles. The van der Waals surface area contributed by atoms with E-state index in [-0.39, 0.29) is 34.9 Å². The van der Waals surface area contributed by atoms with Gasteiger partial charge in [-0.15, -0.1) is 0 Å². The second kappa shape index (κ2) is 10.6. The maximum atomic E-state index is 13.9. The average molecular weight is 579 g/mol. The van der Waals surface area contributed by atoms with Gasteiger partial charge in [-0.05, 0) is 36.1 Å². The molecule has 1 aliphatic carbocycles. The zero-order valence-corrected chi connectivity index (χ0v) is 22.8. The number of rotatable bonds is 5. The number of piperidine rings is 3. The number of aliphatic hydroxyl groups is 1. The molecule has 3 aliphatic heterocycles. The molecule has 2 N–H and O–H groups in total. The number of ether oxygens (including phenoxy) is 1. The van der Waals surface area contributed by atoms with Crippen molar-refractivity contribution in [2.24, 2.45) is 5.92 Å². The number of hydrogen-bond donors (Lipinski definition) is 2. The molecule has 0 unspecified atom stereocenters. The van der Waals surface area contributed by atoms with Gasteiger partial charge in [0.15, 0.2) is 12.6 Å². The molecule has 7 nitrogen and oxygen atoms in total. The molecule has 4 aliphatic rings. The maximum absolute atomic E-state index is 13.9. The molecule has 7 rings (SSSR count). The number of anilines is 1. The van der Waals surface area contributed by atoms with Gasteiger partial charge in [0.25, 0.3) is 5.91 Å². The zero-order chi connectivity index (χ0) is 25.5. The highest BCUT2D eigenvalue weighted by Gasteiger charge is 2.52. The summed E-state index contributed by atoms with van der Waals surface area (Å²) in [5.74, 6) is 0.0645. The molecule has 38 heavy (non-hydrogen) atoms. The Hall–Kier alpha value is -3.07. The van der Waals surface area contributed by atoms with Crippen molar-refractivity contribution < 1.29 is 40.9 Å². The predicted octanol–water partition coefficient (Wildman–Crippen LogP) is 0.211. The first-order chi connectivity index (χ1) is 18.0. The summed E-state index contributed by atoms with van der Waals surface area (Å²) in [5, 5.41) is 15.0. The summed E-state index contributed by atoms with van der Waals surface area (Å²) in [7, 11) is 0. The highest BCUT2D eigenvalue weighted by atomic mass is 79.9. The van der Waals surface area contributed by atoms with Crippen LogP contribution in [0.4, 0.5) is 5.82 Å². The smallest absolute Gasteiger partial charge is 0.348 e. The van der Waals surface area contributed by atoms with Crippen molar-refractivity contribution >= 4 is 17.7 Å². The normalized spacial score (nSPS) is 24.7. The Morgan fingerprint density at radius 1 is 0.947 bits per heavy atom. The van der Waals surface area contributed by atoms with Gasteiger partial charge in [-0.1, -0.05) is 54.6 Å². The monoisotopic (exact) mass is 577 g/mol. The van der Waals surface area contributed by atoms with Crippen LogP contribution in [0.3, 0.4) is 0 Å². The third kappa shape index (κ3) is 4.77. The second-order valence-corrected chi connectivity index (χ2v) is 10.7. The van der Waals surface area contributed by atoms with E-state index >= 15 is 0 Å². The highest BCUT2D eigenvalue weighted by Crippen LogP contribution is 2.41. The molecule has 1 amide bonds. The highest BCUT2D eigenvalue weighted by molar-refractivity contribution is 5.90. The number of nitrogens with zero attached hydrogens (tertiary/aromatic N) is 2. The van der Waals surface area contributed by atoms with Crippen LogP contribution in [0.5, 0.6) is 0 Å². The second-order valence-electron chi connectivity index (χ2n) is 10.7. The van der Waals surface area contributed by atoms with Crippen LogP contribution < -0.4 is 22.3 Å². The Kier molecular flexibility index (Phi) is 7.40. The number of esters is 1. The molecule has 3 aromatic rings. The van der Waals surface area contributed by atoms with E-state index in [2.05, 4.69) is 10.3 Å². The van der Waals surface area contributed by atoms with Crippen LogP contribution in [0.2, 0.25) is 0 Å². The number of quaternary nitrogens is 1. The lowest BCUT2D eigenvalue weighted by Gasteiger charge is -2.51. The number of carbonyl (C=O) groups excluding carboxylic acids is 2. The maximum Gasteiger partial charge on any atom is 0.348 e. The lowest BCUT2D eigenvalue weighted by atomic mass is 9.81. The van der Waals surface area contributed by atoms with Crippen molar-refractivity contribution in [3.8, 4) is 0 Å². The van der Waals surface area contributed by atoms with Crippen molar-refractivity contribution in [1.82, 2.24) is 4.98 Å². The van der Waals surface area contributed by atoms with Gasteiger partial charge in [0.2, 0.25) is 5.60 Å². The number of fused-ring (bicyclic) bond motifs is 5. The van der Waals surface area contributed by atoms with Gasteiger partial charge in [-0.3, -0.25) is 4.79 Å². The lowest BCUT2D eigenvalue weighted by molar-refractivity contribution is -0.939. The number of nitrogens with one attached hydrogen (secondary N) is 1. The zero-order valence-electron chi connectivity index (χ0n) is 21.2. The van der Waals surface area contributed by atoms with Gasteiger partial charge < -0.3 is 36.6 Å². The molecule has 1 atom stereocenters. The molecule has 3 fully saturated rings. The van der Waals surface area contributed by atoms with Crippen LogP contribution >= 0.6 is 0 Å². The number of halogens is 1. The van der Waals surface area contributed by atoms with Crippen molar-refractivity contribution in [2.75, 3.05) is 31.5 Å². The number of benzene rings is 2. The van der Waals surface area contributed by atoms with E-state index in [0.29, 0.717) is 34.5 Å². The van der Waals surface area contributed by atoms with Crippen LogP contribution in [0, 0.1) is 5.92 Å². The van der Waals surface area contributed by atoms with E-state index in [1.807, 2.05) is 60.7 Å². The molecule has 0 spiro atoms. The predicted molar refractivity (Wildman–Crippen MR) is 138 cm³/mol. The van der Waals surface area contributed by atoms with Crippen LogP contribution in [-0.2, 0) is 32.8 Å². The molecule has 3 saturated heterocycles. The van der Waals surface area contributed by atoms with Crippen molar-refractivity contribution in [2.45, 2.75) is 37.4 Å². The molecule has 2 aromatic carbocycles. The Bertz CT molecular complexity index is 1280. The Labute approximate surface area is 233 Å². The minimum Gasteiger partial charge on any atom is -1.00 e. The molecule has 0 radical (unpaired) electrons. The van der Waals surface area contributed by atoms with E-state index in [4.69, 9.17) is 4.74 Å². The molecule has 4 heterocycles. The molecule has 198 valence electrons. The van der Waals surface area contributed by atoms with Gasteiger partial charge >= 0.3 is 5.97 Å². The van der Waals surface area contributed by atoms with E-state index in [9.17, 15) is 14.7 Å². The summed E-state index contributed by atoms with van der Waals surface area (Å²) >= 11 is 0. The van der Waals surface area contributed by atoms with E-state index < -0.39 is 11.6 Å². The largest absolute Gasteiger partial charge is 1.00 e. The molecule has 2 bridgehead atoms.